The molecule has 4 aromatic carbocycles. The van der Waals surface area contributed by atoms with Crippen molar-refractivity contribution in [3.63, 3.8) is 0 Å². The van der Waals surface area contributed by atoms with Crippen molar-refractivity contribution in [1.82, 2.24) is 19.9 Å². The van der Waals surface area contributed by atoms with Gasteiger partial charge in [-0.1, -0.05) is 36.4 Å². The predicted octanol–water partition coefficient (Wildman–Crippen LogP) is 13.0. The molecule has 0 saturated heterocycles. The first-order valence-corrected chi connectivity index (χ1v) is 20.1. The molecule has 0 aliphatic carbocycles. The van der Waals surface area contributed by atoms with Gasteiger partial charge in [-0.15, -0.1) is 0 Å². The Balaban J connectivity index is 0.000000326. The minimum Gasteiger partial charge on any atom is -0.245 e. The number of aromatic nitrogens is 6. The summed E-state index contributed by atoms with van der Waals surface area (Å²) >= 11 is 0. The second-order valence-electron chi connectivity index (χ2n) is 12.5. The summed E-state index contributed by atoms with van der Waals surface area (Å²) < 4.78 is 123. The maximum absolute atomic E-state index is 10.7. The van der Waals surface area contributed by atoms with Crippen molar-refractivity contribution in [3.8, 4) is 11.1 Å². The van der Waals surface area contributed by atoms with Crippen LogP contribution in [0, 0.1) is 0 Å². The van der Waals surface area contributed by atoms with Crippen molar-refractivity contribution < 1.29 is 59.5 Å². The Morgan fingerprint density at radius 3 is 0.875 bits per heavy atom. The number of hydrogen-bond donors (Lipinski definition) is 0. The third kappa shape index (κ3) is 13.3. The number of pyridine rings is 2. The maximum atomic E-state index is 9.87. The Bertz CT molecular complexity index is 2520. The van der Waals surface area contributed by atoms with Crippen LogP contribution in [0.1, 0.15) is 11.1 Å². The largest absolute Gasteiger partial charge is 0.245 e. The van der Waals surface area contributed by atoms with Gasteiger partial charge in [0.25, 0.3) is 0 Å². The van der Waals surface area contributed by atoms with Crippen molar-refractivity contribution in [1.29, 1.82) is 0 Å². The van der Waals surface area contributed by atoms with Crippen LogP contribution >= 0.6 is 15.6 Å². The van der Waals surface area contributed by atoms with Gasteiger partial charge in [0.1, 0.15) is 0 Å². The van der Waals surface area contributed by atoms with Crippen molar-refractivity contribution in [2.24, 2.45) is 0 Å². The quantitative estimate of drug-likeness (QED) is 0.0750. The second kappa shape index (κ2) is 13.0. The van der Waals surface area contributed by atoms with E-state index in [-0.39, 0.29) is 0 Å². The van der Waals surface area contributed by atoms with Crippen LogP contribution in [0.3, 0.4) is 0 Å². The molecule has 0 unspecified atom stereocenters. The van der Waals surface area contributed by atoms with Crippen LogP contribution in [-0.2, 0) is 13.1 Å². The van der Waals surface area contributed by atoms with Crippen LogP contribution in [0.25, 0.3) is 55.3 Å². The molecule has 8 aromatic rings. The standard InChI is InChI=1S/C36H26N6.2F6P/c1-3-7-31-29(5-1)37-33-11-9-25(21-35(33)39-31)23-41-17-13-27(14-18-41)28-15-19-42(20-16-28)24-26-10-12-34-36(22-26)40-32-8-4-2-6-30(32)38-34;2*1-7(2,3,4,5)6/h1-22H,23-24H2;;/q+2;2*-1. The number of hydrogen-bond acceptors (Lipinski definition) is 4. The molecule has 0 radical (unpaired) electrons. The van der Waals surface area contributed by atoms with Crippen molar-refractivity contribution in [2.45, 2.75) is 13.1 Å². The molecule has 0 amide bonds. The Morgan fingerprint density at radius 1 is 0.339 bits per heavy atom. The van der Waals surface area contributed by atoms with Crippen LogP contribution in [-0.4, -0.2) is 19.9 Å². The topological polar surface area (TPSA) is 59.3 Å². The molecule has 0 aliphatic heterocycles. The molecule has 8 rings (SSSR count). The summed E-state index contributed by atoms with van der Waals surface area (Å²) in [4.78, 5) is 19.1. The average molecular weight is 833 g/mol. The zero-order valence-corrected chi connectivity index (χ0v) is 30.0. The Hall–Kier alpha value is -5.60. The molecule has 0 N–H and O–H groups in total. The summed E-state index contributed by atoms with van der Waals surface area (Å²) in [5, 5.41) is 0. The van der Waals surface area contributed by atoms with Crippen LogP contribution in [0.5, 0.6) is 0 Å². The molecular weight excluding hydrogens is 806 g/mol. The minimum atomic E-state index is -10.7. The molecule has 0 fully saturated rings. The van der Waals surface area contributed by atoms with E-state index in [0.717, 1.165) is 57.2 Å². The van der Waals surface area contributed by atoms with E-state index >= 15 is 0 Å². The number of benzene rings is 4. The van der Waals surface area contributed by atoms with Gasteiger partial charge in [-0.05, 0) is 59.7 Å². The predicted molar refractivity (Wildman–Crippen MR) is 192 cm³/mol. The first-order chi connectivity index (χ1) is 25.6. The molecule has 0 saturated carbocycles. The van der Waals surface area contributed by atoms with E-state index in [4.69, 9.17) is 19.9 Å². The smallest absolute Gasteiger partial charge is 0.173 e. The van der Waals surface area contributed by atoms with Crippen molar-refractivity contribution >= 4 is 59.8 Å². The first kappa shape index (κ1) is 40.1. The molecule has 0 atom stereocenters. The second-order valence-corrected chi connectivity index (χ2v) is 16.3. The molecule has 56 heavy (non-hydrogen) atoms. The molecule has 4 aromatic heterocycles. The molecule has 294 valence electrons. The third-order valence-corrected chi connectivity index (χ3v) is 7.65. The van der Waals surface area contributed by atoms with Gasteiger partial charge < -0.3 is 0 Å². The van der Waals surface area contributed by atoms with E-state index in [1.54, 1.807) is 0 Å². The average Bonchev–Trinajstić information content (AvgIpc) is 3.08. The van der Waals surface area contributed by atoms with Gasteiger partial charge in [-0.2, -0.15) is 0 Å². The van der Waals surface area contributed by atoms with Crippen LogP contribution in [0.4, 0.5) is 50.4 Å². The van der Waals surface area contributed by atoms with Crippen molar-refractivity contribution in [3.05, 3.63) is 145 Å². The van der Waals surface area contributed by atoms with E-state index < -0.39 is 15.6 Å². The number of para-hydroxylation sites is 4. The molecule has 20 heteroatoms. The Kier molecular flexibility index (Phi) is 9.29. The number of halogens is 12. The summed E-state index contributed by atoms with van der Waals surface area (Å²) in [6, 6.07) is 37.3. The summed E-state index contributed by atoms with van der Waals surface area (Å²) in [7, 11) is -21.3. The van der Waals surface area contributed by atoms with E-state index in [9.17, 15) is 50.4 Å². The zero-order chi connectivity index (χ0) is 40.7. The van der Waals surface area contributed by atoms with E-state index in [1.807, 2.05) is 48.5 Å². The number of rotatable bonds is 5. The monoisotopic (exact) mass is 832 g/mol. The van der Waals surface area contributed by atoms with E-state index in [2.05, 4.69) is 94.6 Å². The normalized spacial score (nSPS) is 14.4. The summed E-state index contributed by atoms with van der Waals surface area (Å²) in [6.07, 6.45) is 8.53. The van der Waals surface area contributed by atoms with Crippen LogP contribution in [0.2, 0.25) is 0 Å². The van der Waals surface area contributed by atoms with Crippen LogP contribution in [0.15, 0.2) is 134 Å². The number of fused-ring (bicyclic) bond motifs is 4. The van der Waals surface area contributed by atoms with E-state index in [0.29, 0.717) is 0 Å². The molecular formula is C36H26F12N6P2. The van der Waals surface area contributed by atoms with Crippen molar-refractivity contribution in [2.75, 3.05) is 0 Å². The summed E-state index contributed by atoms with van der Waals surface area (Å²) in [6.45, 7) is 1.54. The van der Waals surface area contributed by atoms with Gasteiger partial charge in [0.05, 0.1) is 44.1 Å². The third-order valence-electron chi connectivity index (χ3n) is 7.65. The maximum Gasteiger partial charge on any atom is 0.173 e. The molecule has 0 aliphatic rings. The molecule has 0 bridgehead atoms. The fraction of sp³-hybridized carbons (Fsp3) is 0.0556. The van der Waals surface area contributed by atoms with Gasteiger partial charge >= 0.3 is 66.0 Å². The Labute approximate surface area is 308 Å². The molecule has 0 spiro atoms. The molecule has 4 heterocycles. The number of nitrogens with zero attached hydrogens (tertiary/aromatic N) is 6. The fourth-order valence-corrected chi connectivity index (χ4v) is 5.46. The van der Waals surface area contributed by atoms with Gasteiger partial charge in [-0.3, -0.25) is 0 Å². The first-order valence-electron chi connectivity index (χ1n) is 16.1. The SMILES string of the molecule is F[P-](F)(F)(F)(F)F.F[P-](F)(F)(F)(F)F.c1ccc2nc3cc(C[n+]4ccc(-c5cc[n+](Cc6ccc7nc8ccccc8nc7c6)cc5)cc4)ccc3nc2c1. The van der Waals surface area contributed by atoms with Gasteiger partial charge in [0, 0.05) is 35.4 Å². The van der Waals surface area contributed by atoms with Gasteiger partial charge in [0.15, 0.2) is 37.9 Å². The van der Waals surface area contributed by atoms with Crippen LogP contribution < -0.4 is 9.13 Å². The van der Waals surface area contributed by atoms with Gasteiger partial charge in [-0.25, -0.2) is 29.1 Å². The van der Waals surface area contributed by atoms with Gasteiger partial charge in [0.2, 0.25) is 0 Å². The van der Waals surface area contributed by atoms with E-state index in [1.165, 1.54) is 22.3 Å². The molecule has 6 nitrogen and oxygen atoms in total. The minimum absolute atomic E-state index is 0.769. The summed E-state index contributed by atoms with van der Waals surface area (Å²) in [5.41, 5.74) is 12.1. The fourth-order valence-electron chi connectivity index (χ4n) is 5.46. The Morgan fingerprint density at radius 2 is 0.589 bits per heavy atom. The summed E-state index contributed by atoms with van der Waals surface area (Å²) in [5.74, 6) is 0. The zero-order valence-electron chi connectivity index (χ0n) is 28.2.